The summed E-state index contributed by atoms with van der Waals surface area (Å²) in [6.45, 7) is 4.50. The Morgan fingerprint density at radius 2 is 1.92 bits per heavy atom. The van der Waals surface area contributed by atoms with Crippen LogP contribution in [0.25, 0.3) is 10.6 Å². The summed E-state index contributed by atoms with van der Waals surface area (Å²) in [7, 11) is 0. The van der Waals surface area contributed by atoms with Crippen molar-refractivity contribution in [3.8, 4) is 16.3 Å². The Kier molecular flexibility index (Phi) is 4.70. The lowest BCUT2D eigenvalue weighted by molar-refractivity contribution is -0.0587. The summed E-state index contributed by atoms with van der Waals surface area (Å²) >= 11 is 0.904. The van der Waals surface area contributed by atoms with E-state index in [1.54, 1.807) is 4.90 Å². The van der Waals surface area contributed by atoms with Gasteiger partial charge in [0, 0.05) is 18.5 Å². The summed E-state index contributed by atoms with van der Waals surface area (Å²) in [6, 6.07) is 0.607. The molecule has 0 spiro atoms. The zero-order valence-corrected chi connectivity index (χ0v) is 14.2. The molecule has 1 N–H and O–H groups in total. The van der Waals surface area contributed by atoms with Gasteiger partial charge >= 0.3 is 0 Å². The first-order valence-corrected chi connectivity index (χ1v) is 8.43. The highest BCUT2D eigenvalue weighted by Crippen LogP contribution is 2.34. The molecular formula is C16H15F3N2O3S. The molecule has 1 aromatic carbocycles. The summed E-state index contributed by atoms with van der Waals surface area (Å²) in [5, 5.41) is 10.7. The molecule has 1 saturated heterocycles. The van der Waals surface area contributed by atoms with Gasteiger partial charge in [-0.25, -0.2) is 13.8 Å². The molecule has 25 heavy (non-hydrogen) atoms. The van der Waals surface area contributed by atoms with Crippen LogP contribution in [0, 0.1) is 17.5 Å². The van der Waals surface area contributed by atoms with Crippen molar-refractivity contribution in [3.63, 3.8) is 0 Å². The average molecular weight is 372 g/mol. The quantitative estimate of drug-likeness (QED) is 0.823. The molecule has 1 amide bonds. The third-order valence-electron chi connectivity index (χ3n) is 3.79. The van der Waals surface area contributed by atoms with Gasteiger partial charge in [-0.1, -0.05) is 0 Å². The third-order valence-corrected chi connectivity index (χ3v) is 4.67. The molecule has 1 fully saturated rings. The maximum Gasteiger partial charge on any atom is 0.273 e. The monoisotopic (exact) mass is 372 g/mol. The minimum atomic E-state index is -1.66. The lowest BCUT2D eigenvalue weighted by Crippen LogP contribution is -2.48. The van der Waals surface area contributed by atoms with Crippen molar-refractivity contribution in [2.75, 3.05) is 13.1 Å². The minimum Gasteiger partial charge on any atom is -0.503 e. The Morgan fingerprint density at radius 1 is 1.28 bits per heavy atom. The number of phenolic OH excluding ortho intramolecular Hbond substituents is 1. The summed E-state index contributed by atoms with van der Waals surface area (Å²) in [5.74, 6) is -6.13. The summed E-state index contributed by atoms with van der Waals surface area (Å²) in [6.07, 6.45) is -0.238. The number of rotatable bonds is 2. The van der Waals surface area contributed by atoms with Crippen molar-refractivity contribution in [1.29, 1.82) is 0 Å². The number of hydrogen-bond acceptors (Lipinski definition) is 5. The predicted molar refractivity (Wildman–Crippen MR) is 85.0 cm³/mol. The molecule has 0 bridgehead atoms. The lowest BCUT2D eigenvalue weighted by atomic mass is 10.2. The Labute approximate surface area is 145 Å². The Morgan fingerprint density at radius 3 is 2.56 bits per heavy atom. The smallest absolute Gasteiger partial charge is 0.273 e. The Bertz CT molecular complexity index is 817. The third kappa shape index (κ3) is 3.34. The number of aromatic nitrogens is 1. The topological polar surface area (TPSA) is 62.7 Å². The fraction of sp³-hybridized carbons (Fsp3) is 0.375. The molecule has 2 heterocycles. The number of ether oxygens (including phenoxy) is 1. The molecule has 5 nitrogen and oxygen atoms in total. The van der Waals surface area contributed by atoms with Gasteiger partial charge in [0.25, 0.3) is 5.91 Å². The molecular weight excluding hydrogens is 357 g/mol. The maximum atomic E-state index is 14.0. The van der Waals surface area contributed by atoms with Gasteiger partial charge in [0.2, 0.25) is 5.82 Å². The Balaban J connectivity index is 1.89. The Hall–Kier alpha value is -2.13. The number of carbonyl (C=O) groups is 1. The van der Waals surface area contributed by atoms with Crippen molar-refractivity contribution >= 4 is 17.2 Å². The molecule has 0 saturated carbocycles. The van der Waals surface area contributed by atoms with Crippen molar-refractivity contribution in [2.45, 2.75) is 26.1 Å². The minimum absolute atomic E-state index is 0.0237. The molecule has 9 heteroatoms. The number of phenols is 1. The number of amides is 1. The highest BCUT2D eigenvalue weighted by Gasteiger charge is 2.28. The van der Waals surface area contributed by atoms with Gasteiger partial charge in [-0.2, -0.15) is 4.39 Å². The number of benzene rings is 1. The largest absolute Gasteiger partial charge is 0.503 e. The van der Waals surface area contributed by atoms with Gasteiger partial charge in [0.05, 0.1) is 17.8 Å². The van der Waals surface area contributed by atoms with E-state index in [1.807, 2.05) is 13.8 Å². The van der Waals surface area contributed by atoms with Crippen molar-refractivity contribution in [1.82, 2.24) is 9.88 Å². The van der Waals surface area contributed by atoms with Crippen LogP contribution in [-0.4, -0.2) is 46.2 Å². The first kappa shape index (κ1) is 17.7. The fourth-order valence-electron chi connectivity index (χ4n) is 2.75. The van der Waals surface area contributed by atoms with E-state index in [4.69, 9.17) is 4.74 Å². The molecule has 2 aromatic rings. The molecule has 0 aliphatic carbocycles. The van der Waals surface area contributed by atoms with Gasteiger partial charge in [-0.3, -0.25) is 4.79 Å². The van der Waals surface area contributed by atoms with Crippen LogP contribution in [0.4, 0.5) is 13.2 Å². The number of nitrogens with zero attached hydrogens (tertiary/aromatic N) is 2. The van der Waals surface area contributed by atoms with Crippen molar-refractivity contribution in [2.24, 2.45) is 0 Å². The number of morpholine rings is 1. The van der Waals surface area contributed by atoms with E-state index in [-0.39, 0.29) is 28.8 Å². The second-order valence-corrected chi connectivity index (χ2v) is 6.75. The van der Waals surface area contributed by atoms with Gasteiger partial charge < -0.3 is 14.7 Å². The number of carbonyl (C=O) groups excluding carboxylic acids is 1. The van der Waals surface area contributed by atoms with Crippen LogP contribution in [0.1, 0.15) is 24.3 Å². The van der Waals surface area contributed by atoms with Crippen LogP contribution in [0.15, 0.2) is 11.4 Å². The zero-order valence-electron chi connectivity index (χ0n) is 13.4. The molecule has 1 aliphatic heterocycles. The molecule has 0 unspecified atom stereocenters. The SMILES string of the molecule is C[C@@H]1CN(C(=O)c2csc(-c3cc(F)c(F)c(O)c3F)n2)C[C@H](C)O1. The number of halogens is 3. The maximum absolute atomic E-state index is 14.0. The van der Waals surface area contributed by atoms with Crippen LogP contribution in [0.5, 0.6) is 5.75 Å². The van der Waals surface area contributed by atoms with Crippen molar-refractivity contribution < 1.29 is 27.8 Å². The van der Waals surface area contributed by atoms with E-state index in [0.29, 0.717) is 19.2 Å². The predicted octanol–water partition coefficient (Wildman–Crippen LogP) is 3.18. The van der Waals surface area contributed by atoms with Gasteiger partial charge in [-0.05, 0) is 19.9 Å². The highest BCUT2D eigenvalue weighted by atomic mass is 32.1. The van der Waals surface area contributed by atoms with E-state index >= 15 is 0 Å². The van der Waals surface area contributed by atoms with Gasteiger partial charge in [0.15, 0.2) is 17.4 Å². The average Bonchev–Trinajstić information content (AvgIpc) is 3.04. The normalized spacial score (nSPS) is 20.8. The van der Waals surface area contributed by atoms with E-state index < -0.39 is 28.8 Å². The first-order valence-electron chi connectivity index (χ1n) is 7.55. The van der Waals surface area contributed by atoms with Gasteiger partial charge in [0.1, 0.15) is 10.7 Å². The molecule has 3 rings (SSSR count). The fourth-order valence-corrected chi connectivity index (χ4v) is 3.55. The number of aromatic hydroxyl groups is 1. The molecule has 2 atom stereocenters. The highest BCUT2D eigenvalue weighted by molar-refractivity contribution is 7.13. The molecule has 1 aliphatic rings. The molecule has 1 aromatic heterocycles. The molecule has 134 valence electrons. The second-order valence-electron chi connectivity index (χ2n) is 5.89. The standard InChI is InChI=1S/C16H15F3N2O3S/c1-7-4-21(5-8(2)24-7)16(23)11-6-25-15(20-11)9-3-10(17)13(19)14(22)12(9)18/h3,6-8,22H,4-5H2,1-2H3/t7-,8+. The summed E-state index contributed by atoms with van der Waals surface area (Å²) < 4.78 is 46.2. The van der Waals surface area contributed by atoms with E-state index in [1.165, 1.54) is 5.38 Å². The lowest BCUT2D eigenvalue weighted by Gasteiger charge is -2.34. The van der Waals surface area contributed by atoms with E-state index in [2.05, 4.69) is 4.98 Å². The van der Waals surface area contributed by atoms with E-state index in [9.17, 15) is 23.1 Å². The zero-order chi connectivity index (χ0) is 18.3. The first-order chi connectivity index (χ1) is 11.8. The molecule has 0 radical (unpaired) electrons. The number of hydrogen-bond donors (Lipinski definition) is 1. The van der Waals surface area contributed by atoms with Crippen LogP contribution < -0.4 is 0 Å². The van der Waals surface area contributed by atoms with E-state index in [0.717, 1.165) is 11.3 Å². The van der Waals surface area contributed by atoms with Crippen LogP contribution in [0.3, 0.4) is 0 Å². The second kappa shape index (κ2) is 6.64. The van der Waals surface area contributed by atoms with Crippen LogP contribution >= 0.6 is 11.3 Å². The number of thiazole rings is 1. The van der Waals surface area contributed by atoms with Gasteiger partial charge in [-0.15, -0.1) is 11.3 Å². The van der Waals surface area contributed by atoms with Crippen molar-refractivity contribution in [3.05, 3.63) is 34.6 Å². The van der Waals surface area contributed by atoms with Crippen LogP contribution in [0.2, 0.25) is 0 Å². The summed E-state index contributed by atoms with van der Waals surface area (Å²) in [5.41, 5.74) is -0.325. The summed E-state index contributed by atoms with van der Waals surface area (Å²) in [4.78, 5) is 18.2. The van der Waals surface area contributed by atoms with Crippen LogP contribution in [-0.2, 0) is 4.74 Å².